The van der Waals surface area contributed by atoms with Crippen LogP contribution >= 0.6 is 11.8 Å². The summed E-state index contributed by atoms with van der Waals surface area (Å²) >= 11 is 1.74. The van der Waals surface area contributed by atoms with Gasteiger partial charge in [-0.05, 0) is 49.7 Å². The molecule has 2 rings (SSSR count). The minimum absolute atomic E-state index is 0.0868. The molecule has 0 fully saturated rings. The van der Waals surface area contributed by atoms with E-state index in [4.69, 9.17) is 24.5 Å². The Labute approximate surface area is 157 Å². The van der Waals surface area contributed by atoms with Gasteiger partial charge in [-0.3, -0.25) is 0 Å². The van der Waals surface area contributed by atoms with Gasteiger partial charge >= 0.3 is 11.9 Å². The highest BCUT2D eigenvalue weighted by Crippen LogP contribution is 2.26. The van der Waals surface area contributed by atoms with Crippen molar-refractivity contribution in [3.05, 3.63) is 60.2 Å². The van der Waals surface area contributed by atoms with Gasteiger partial charge < -0.3 is 20.3 Å². The van der Waals surface area contributed by atoms with Gasteiger partial charge in [-0.2, -0.15) is 0 Å². The molecule has 7 heteroatoms. The van der Waals surface area contributed by atoms with Crippen molar-refractivity contribution in [2.45, 2.75) is 17.4 Å². The maximum atomic E-state index is 9.10. The average Bonchev–Trinajstić information content (AvgIpc) is 2.66. The monoisotopic (exact) mass is 377 g/mol. The Hall–Kier alpha value is -2.51. The standard InChI is InChI=1S/C17H21NOS.C2H2O4/c1-18-13-12-17(14-6-4-3-5-7-14)19-15-8-10-16(20-2)11-9-15;3-1(4)2(5)6/h3-11,17-18H,12-13H2,1-2H3;(H,3,4)(H,5,6). The molecular weight excluding hydrogens is 354 g/mol. The molecule has 1 unspecified atom stereocenters. The van der Waals surface area contributed by atoms with Gasteiger partial charge in [0, 0.05) is 11.3 Å². The first kappa shape index (κ1) is 21.5. The number of hydrogen-bond donors (Lipinski definition) is 3. The number of nitrogens with one attached hydrogen (secondary N) is 1. The maximum absolute atomic E-state index is 9.10. The van der Waals surface area contributed by atoms with Crippen LogP contribution in [0.4, 0.5) is 0 Å². The van der Waals surface area contributed by atoms with Crippen LogP contribution in [0.15, 0.2) is 59.5 Å². The highest BCUT2D eigenvalue weighted by Gasteiger charge is 2.12. The number of carbonyl (C=O) groups is 2. The molecular formula is C19H23NO5S. The molecule has 0 saturated carbocycles. The largest absolute Gasteiger partial charge is 0.486 e. The molecule has 1 atom stereocenters. The van der Waals surface area contributed by atoms with Crippen LogP contribution in [0.25, 0.3) is 0 Å². The Balaban J connectivity index is 0.000000487. The van der Waals surface area contributed by atoms with Crippen molar-refractivity contribution in [3.63, 3.8) is 0 Å². The second-order valence-electron chi connectivity index (χ2n) is 5.20. The molecule has 6 nitrogen and oxygen atoms in total. The molecule has 0 bridgehead atoms. The van der Waals surface area contributed by atoms with Crippen molar-refractivity contribution < 1.29 is 24.5 Å². The molecule has 0 aliphatic carbocycles. The first-order valence-corrected chi connectivity index (χ1v) is 9.16. The molecule has 2 aromatic carbocycles. The van der Waals surface area contributed by atoms with Crippen molar-refractivity contribution in [1.29, 1.82) is 0 Å². The number of thioether (sulfide) groups is 1. The Morgan fingerprint density at radius 2 is 1.62 bits per heavy atom. The van der Waals surface area contributed by atoms with E-state index < -0.39 is 11.9 Å². The van der Waals surface area contributed by atoms with Gasteiger partial charge in [0.15, 0.2) is 0 Å². The van der Waals surface area contributed by atoms with Crippen LogP contribution in [0.1, 0.15) is 18.1 Å². The summed E-state index contributed by atoms with van der Waals surface area (Å²) < 4.78 is 6.15. The van der Waals surface area contributed by atoms with E-state index in [0.717, 1.165) is 18.7 Å². The lowest BCUT2D eigenvalue weighted by Gasteiger charge is -2.19. The number of carboxylic acids is 2. The molecule has 0 amide bonds. The van der Waals surface area contributed by atoms with Crippen molar-refractivity contribution in [1.82, 2.24) is 5.32 Å². The average molecular weight is 377 g/mol. The maximum Gasteiger partial charge on any atom is 0.414 e. The van der Waals surface area contributed by atoms with E-state index in [9.17, 15) is 0 Å². The Morgan fingerprint density at radius 1 is 1.04 bits per heavy atom. The molecule has 0 aromatic heterocycles. The minimum Gasteiger partial charge on any atom is -0.486 e. The second kappa shape index (κ2) is 11.9. The highest BCUT2D eigenvalue weighted by molar-refractivity contribution is 7.98. The summed E-state index contributed by atoms with van der Waals surface area (Å²) in [5, 5.41) is 18.0. The van der Waals surface area contributed by atoms with Gasteiger partial charge in [0.05, 0.1) is 0 Å². The van der Waals surface area contributed by atoms with Crippen LogP contribution in [0.5, 0.6) is 5.75 Å². The summed E-state index contributed by atoms with van der Waals surface area (Å²) in [6.45, 7) is 0.933. The summed E-state index contributed by atoms with van der Waals surface area (Å²) in [5.74, 6) is -2.72. The topological polar surface area (TPSA) is 95.9 Å². The van der Waals surface area contributed by atoms with Crippen LogP contribution in [-0.2, 0) is 9.59 Å². The number of rotatable bonds is 7. The van der Waals surface area contributed by atoms with Crippen molar-refractivity contribution in [2.75, 3.05) is 19.8 Å². The fourth-order valence-corrected chi connectivity index (χ4v) is 2.46. The third-order valence-electron chi connectivity index (χ3n) is 3.35. The van der Waals surface area contributed by atoms with Crippen molar-refractivity contribution in [3.8, 4) is 5.75 Å². The number of carboxylic acid groups (broad SMARTS) is 2. The fraction of sp³-hybridized carbons (Fsp3) is 0.263. The van der Waals surface area contributed by atoms with Crippen molar-refractivity contribution in [2.24, 2.45) is 0 Å². The van der Waals surface area contributed by atoms with E-state index in [-0.39, 0.29) is 6.10 Å². The molecule has 0 aliphatic rings. The van der Waals surface area contributed by atoms with Crippen LogP contribution in [0, 0.1) is 0 Å². The summed E-state index contributed by atoms with van der Waals surface area (Å²) in [6, 6.07) is 18.7. The number of aliphatic carboxylic acids is 2. The molecule has 2 aromatic rings. The predicted octanol–water partition coefficient (Wildman–Crippen LogP) is 3.29. The third-order valence-corrected chi connectivity index (χ3v) is 4.09. The predicted molar refractivity (Wildman–Crippen MR) is 102 cm³/mol. The Kier molecular flexibility index (Phi) is 9.89. The zero-order valence-corrected chi connectivity index (χ0v) is 15.5. The fourth-order valence-electron chi connectivity index (χ4n) is 2.06. The smallest absolute Gasteiger partial charge is 0.414 e. The molecule has 0 spiro atoms. The summed E-state index contributed by atoms with van der Waals surface area (Å²) in [5.41, 5.74) is 1.22. The molecule has 0 radical (unpaired) electrons. The third kappa shape index (κ3) is 8.04. The van der Waals surface area contributed by atoms with E-state index in [1.807, 2.05) is 25.2 Å². The van der Waals surface area contributed by atoms with E-state index >= 15 is 0 Å². The number of ether oxygens (including phenoxy) is 1. The van der Waals surface area contributed by atoms with Crippen LogP contribution in [0.3, 0.4) is 0 Å². The summed E-state index contributed by atoms with van der Waals surface area (Å²) in [7, 11) is 1.97. The number of benzene rings is 2. The summed E-state index contributed by atoms with van der Waals surface area (Å²) in [6.07, 6.45) is 3.11. The van der Waals surface area contributed by atoms with Gasteiger partial charge in [0.25, 0.3) is 0 Å². The zero-order valence-electron chi connectivity index (χ0n) is 14.7. The van der Waals surface area contributed by atoms with E-state index in [0.29, 0.717) is 0 Å². The molecule has 0 saturated heterocycles. The molecule has 3 N–H and O–H groups in total. The zero-order chi connectivity index (χ0) is 19.4. The first-order valence-electron chi connectivity index (χ1n) is 7.94. The van der Waals surface area contributed by atoms with Gasteiger partial charge in [-0.1, -0.05) is 30.3 Å². The van der Waals surface area contributed by atoms with Crippen LogP contribution in [0.2, 0.25) is 0 Å². The first-order chi connectivity index (χ1) is 12.5. The lowest BCUT2D eigenvalue weighted by Crippen LogP contribution is -2.16. The molecule has 26 heavy (non-hydrogen) atoms. The quantitative estimate of drug-likeness (QED) is 0.503. The summed E-state index contributed by atoms with van der Waals surface area (Å²) in [4.78, 5) is 19.5. The lowest BCUT2D eigenvalue weighted by atomic mass is 10.1. The Morgan fingerprint density at radius 3 is 2.08 bits per heavy atom. The van der Waals surface area contributed by atoms with E-state index in [1.165, 1.54) is 10.5 Å². The van der Waals surface area contributed by atoms with Gasteiger partial charge in [0.1, 0.15) is 11.9 Å². The molecule has 0 heterocycles. The van der Waals surface area contributed by atoms with Gasteiger partial charge in [0.2, 0.25) is 0 Å². The van der Waals surface area contributed by atoms with Crippen LogP contribution < -0.4 is 10.1 Å². The van der Waals surface area contributed by atoms with Crippen LogP contribution in [-0.4, -0.2) is 42.0 Å². The normalized spacial score (nSPS) is 11.0. The highest BCUT2D eigenvalue weighted by atomic mass is 32.2. The minimum atomic E-state index is -1.82. The van der Waals surface area contributed by atoms with Gasteiger partial charge in [-0.15, -0.1) is 11.8 Å². The van der Waals surface area contributed by atoms with E-state index in [1.54, 1.807) is 11.8 Å². The van der Waals surface area contributed by atoms with Gasteiger partial charge in [-0.25, -0.2) is 9.59 Å². The van der Waals surface area contributed by atoms with E-state index in [2.05, 4.69) is 48.0 Å². The Bertz CT molecular complexity index is 664. The molecule has 140 valence electrons. The van der Waals surface area contributed by atoms with Crippen molar-refractivity contribution >= 4 is 23.7 Å². The lowest BCUT2D eigenvalue weighted by molar-refractivity contribution is -0.159. The number of hydrogen-bond acceptors (Lipinski definition) is 5. The second-order valence-corrected chi connectivity index (χ2v) is 6.07. The SMILES string of the molecule is CNCCC(Oc1ccc(SC)cc1)c1ccccc1.O=C(O)C(=O)O. The molecule has 0 aliphatic heterocycles.